The summed E-state index contributed by atoms with van der Waals surface area (Å²) in [5.74, 6) is 1.66. The second-order valence-corrected chi connectivity index (χ2v) is 6.18. The van der Waals surface area contributed by atoms with Crippen LogP contribution < -0.4 is 25.0 Å². The van der Waals surface area contributed by atoms with Crippen molar-refractivity contribution in [2.75, 3.05) is 19.2 Å². The van der Waals surface area contributed by atoms with Crippen molar-refractivity contribution in [3.63, 3.8) is 0 Å². The molecule has 2 N–H and O–H groups in total. The quantitative estimate of drug-likeness (QED) is 0.547. The summed E-state index contributed by atoms with van der Waals surface area (Å²) in [6, 6.07) is 12.3. The standard InChI is InChI=1S/C20H21N3O6/c1-13(9-19(24)21-15-5-8-17-18(10-15)29-12-28-17)22-23-20(25)27-11-14-3-6-16(26-2)7-4-14/h3-8,10H,9,11-12H2,1-2H3,(H,21,24)(H,23,25). The smallest absolute Gasteiger partial charge is 0.428 e. The molecule has 1 heterocycles. The molecule has 9 nitrogen and oxygen atoms in total. The first kappa shape index (κ1) is 20.0. The van der Waals surface area contributed by atoms with Crippen molar-refractivity contribution in [2.24, 2.45) is 5.10 Å². The van der Waals surface area contributed by atoms with Gasteiger partial charge >= 0.3 is 6.09 Å². The first-order chi connectivity index (χ1) is 14.0. The van der Waals surface area contributed by atoms with Crippen LogP contribution in [0.15, 0.2) is 47.6 Å². The van der Waals surface area contributed by atoms with Gasteiger partial charge in [0.25, 0.3) is 0 Å². The van der Waals surface area contributed by atoms with E-state index in [2.05, 4.69) is 15.8 Å². The Bertz CT molecular complexity index is 911. The van der Waals surface area contributed by atoms with Crippen LogP contribution in [0.3, 0.4) is 0 Å². The lowest BCUT2D eigenvalue weighted by Crippen LogP contribution is -2.22. The van der Waals surface area contributed by atoms with E-state index in [0.717, 1.165) is 11.3 Å². The van der Waals surface area contributed by atoms with Crippen LogP contribution in [0, 0.1) is 0 Å². The Morgan fingerprint density at radius 2 is 1.86 bits per heavy atom. The Hall–Kier alpha value is -3.75. The van der Waals surface area contributed by atoms with Crippen LogP contribution in [-0.4, -0.2) is 31.6 Å². The third-order valence-electron chi connectivity index (χ3n) is 3.94. The Morgan fingerprint density at radius 3 is 2.62 bits per heavy atom. The molecule has 0 unspecified atom stereocenters. The second-order valence-electron chi connectivity index (χ2n) is 6.18. The highest BCUT2D eigenvalue weighted by molar-refractivity contribution is 6.05. The van der Waals surface area contributed by atoms with Gasteiger partial charge in [0.1, 0.15) is 12.4 Å². The molecule has 0 aliphatic carbocycles. The SMILES string of the molecule is COc1ccc(COC(=O)NN=C(C)CC(=O)Nc2ccc3c(c2)OCO3)cc1. The number of anilines is 1. The molecule has 9 heteroatoms. The largest absolute Gasteiger partial charge is 0.497 e. The van der Waals surface area contributed by atoms with Crippen LogP contribution in [-0.2, 0) is 16.1 Å². The predicted octanol–water partition coefficient (Wildman–Crippen LogP) is 3.05. The minimum atomic E-state index is -0.712. The zero-order valence-electron chi connectivity index (χ0n) is 16.1. The summed E-state index contributed by atoms with van der Waals surface area (Å²) < 4.78 is 20.6. The normalized spacial score (nSPS) is 12.3. The van der Waals surface area contributed by atoms with Crippen LogP contribution >= 0.6 is 0 Å². The molecule has 3 rings (SSSR count). The van der Waals surface area contributed by atoms with Crippen molar-refractivity contribution >= 4 is 23.4 Å². The monoisotopic (exact) mass is 399 g/mol. The van der Waals surface area contributed by atoms with E-state index < -0.39 is 6.09 Å². The minimum Gasteiger partial charge on any atom is -0.497 e. The molecule has 0 bridgehead atoms. The molecule has 0 radical (unpaired) electrons. The van der Waals surface area contributed by atoms with Crippen LogP contribution in [0.2, 0.25) is 0 Å². The molecule has 0 spiro atoms. The van der Waals surface area contributed by atoms with Crippen molar-refractivity contribution in [1.82, 2.24) is 5.43 Å². The number of carbonyl (C=O) groups is 2. The summed E-state index contributed by atoms with van der Waals surface area (Å²) in [6.45, 7) is 1.89. The number of rotatable bonds is 7. The van der Waals surface area contributed by atoms with Crippen LogP contribution in [0.25, 0.3) is 0 Å². The summed E-state index contributed by atoms with van der Waals surface area (Å²) >= 11 is 0. The van der Waals surface area contributed by atoms with Gasteiger partial charge in [0, 0.05) is 17.5 Å². The van der Waals surface area contributed by atoms with E-state index in [1.54, 1.807) is 56.5 Å². The third kappa shape index (κ3) is 5.86. The van der Waals surface area contributed by atoms with E-state index in [0.29, 0.717) is 22.9 Å². The van der Waals surface area contributed by atoms with Gasteiger partial charge in [0.15, 0.2) is 11.5 Å². The fourth-order valence-electron chi connectivity index (χ4n) is 2.50. The fourth-order valence-corrected chi connectivity index (χ4v) is 2.50. The van der Waals surface area contributed by atoms with Gasteiger partial charge in [0.2, 0.25) is 12.7 Å². The van der Waals surface area contributed by atoms with E-state index in [4.69, 9.17) is 18.9 Å². The summed E-state index contributed by atoms with van der Waals surface area (Å²) in [5.41, 5.74) is 4.08. The number of carbonyl (C=O) groups excluding carboxylic acids is 2. The summed E-state index contributed by atoms with van der Waals surface area (Å²) in [6.07, 6.45) is -0.705. The zero-order chi connectivity index (χ0) is 20.6. The van der Waals surface area contributed by atoms with Crippen molar-refractivity contribution < 1.29 is 28.5 Å². The van der Waals surface area contributed by atoms with Crippen molar-refractivity contribution in [3.05, 3.63) is 48.0 Å². The highest BCUT2D eigenvalue weighted by Gasteiger charge is 2.14. The Labute approximate surface area is 167 Å². The van der Waals surface area contributed by atoms with Gasteiger partial charge in [-0.1, -0.05) is 12.1 Å². The lowest BCUT2D eigenvalue weighted by molar-refractivity contribution is -0.115. The maximum atomic E-state index is 12.1. The number of hydrazone groups is 1. The molecule has 0 atom stereocenters. The molecule has 0 saturated heterocycles. The zero-order valence-corrected chi connectivity index (χ0v) is 16.1. The Kier molecular flexibility index (Phi) is 6.51. The first-order valence-electron chi connectivity index (χ1n) is 8.82. The van der Waals surface area contributed by atoms with Gasteiger partial charge in [0.05, 0.1) is 13.5 Å². The fraction of sp³-hybridized carbons (Fsp3) is 0.250. The molecule has 2 aromatic rings. The van der Waals surface area contributed by atoms with E-state index in [9.17, 15) is 9.59 Å². The van der Waals surface area contributed by atoms with E-state index in [-0.39, 0.29) is 25.7 Å². The van der Waals surface area contributed by atoms with Gasteiger partial charge in [-0.05, 0) is 36.8 Å². The number of amides is 2. The lowest BCUT2D eigenvalue weighted by atomic mass is 10.2. The number of benzene rings is 2. The molecule has 1 aliphatic rings. The predicted molar refractivity (Wildman–Crippen MR) is 105 cm³/mol. The number of ether oxygens (including phenoxy) is 4. The molecular formula is C20H21N3O6. The molecule has 1 aliphatic heterocycles. The van der Waals surface area contributed by atoms with Gasteiger partial charge in [-0.25, -0.2) is 10.2 Å². The molecule has 2 amide bonds. The Balaban J connectivity index is 1.41. The summed E-state index contributed by atoms with van der Waals surface area (Å²) in [4.78, 5) is 23.9. The lowest BCUT2D eigenvalue weighted by Gasteiger charge is -2.07. The van der Waals surface area contributed by atoms with E-state index in [1.807, 2.05) is 0 Å². The second kappa shape index (κ2) is 9.45. The molecule has 0 saturated carbocycles. The molecule has 152 valence electrons. The third-order valence-corrected chi connectivity index (χ3v) is 3.94. The molecular weight excluding hydrogens is 378 g/mol. The summed E-state index contributed by atoms with van der Waals surface area (Å²) in [5, 5.41) is 6.61. The number of nitrogens with zero attached hydrogens (tertiary/aromatic N) is 1. The number of fused-ring (bicyclic) bond motifs is 1. The number of nitrogens with one attached hydrogen (secondary N) is 2. The Morgan fingerprint density at radius 1 is 1.10 bits per heavy atom. The van der Waals surface area contributed by atoms with Crippen molar-refractivity contribution in [2.45, 2.75) is 20.0 Å². The number of hydrogen-bond donors (Lipinski definition) is 2. The minimum absolute atomic E-state index is 0.00714. The first-order valence-corrected chi connectivity index (χ1v) is 8.82. The van der Waals surface area contributed by atoms with Gasteiger partial charge in [-0.2, -0.15) is 5.10 Å². The van der Waals surface area contributed by atoms with Crippen LogP contribution in [0.1, 0.15) is 18.9 Å². The molecule has 0 fully saturated rings. The van der Waals surface area contributed by atoms with Gasteiger partial charge < -0.3 is 24.3 Å². The topological polar surface area (TPSA) is 107 Å². The van der Waals surface area contributed by atoms with Gasteiger partial charge in [-0.15, -0.1) is 0 Å². The van der Waals surface area contributed by atoms with Crippen molar-refractivity contribution in [1.29, 1.82) is 0 Å². The average Bonchev–Trinajstić information content (AvgIpc) is 3.19. The highest BCUT2D eigenvalue weighted by Crippen LogP contribution is 2.34. The van der Waals surface area contributed by atoms with Gasteiger partial charge in [-0.3, -0.25) is 4.79 Å². The highest BCUT2D eigenvalue weighted by atomic mass is 16.7. The number of hydrogen-bond acceptors (Lipinski definition) is 7. The number of methoxy groups -OCH3 is 1. The maximum absolute atomic E-state index is 12.1. The summed E-state index contributed by atoms with van der Waals surface area (Å²) in [7, 11) is 1.58. The van der Waals surface area contributed by atoms with Crippen molar-refractivity contribution in [3.8, 4) is 17.2 Å². The van der Waals surface area contributed by atoms with Crippen LogP contribution in [0.5, 0.6) is 17.2 Å². The molecule has 0 aromatic heterocycles. The average molecular weight is 399 g/mol. The maximum Gasteiger partial charge on any atom is 0.428 e. The van der Waals surface area contributed by atoms with E-state index in [1.165, 1.54) is 0 Å². The molecule has 29 heavy (non-hydrogen) atoms. The van der Waals surface area contributed by atoms with E-state index >= 15 is 0 Å². The molecule has 2 aromatic carbocycles. The van der Waals surface area contributed by atoms with Crippen LogP contribution in [0.4, 0.5) is 10.5 Å².